The lowest BCUT2D eigenvalue weighted by Gasteiger charge is -2.19. The highest BCUT2D eigenvalue weighted by molar-refractivity contribution is 7.17. The van der Waals surface area contributed by atoms with Gasteiger partial charge in [0.05, 0.1) is 6.04 Å². The third kappa shape index (κ3) is 2.33. The lowest BCUT2D eigenvalue weighted by molar-refractivity contribution is 0.578. The summed E-state index contributed by atoms with van der Waals surface area (Å²) in [5.74, 6) is -0.287. The van der Waals surface area contributed by atoms with E-state index in [1.54, 1.807) is 23.5 Å². The Balaban J connectivity index is 2.16. The molecular weight excluding hydrogens is 293 g/mol. The maximum Gasteiger partial charge on any atom is 0.129 e. The van der Waals surface area contributed by atoms with Gasteiger partial charge in [0.1, 0.15) is 5.82 Å². The Morgan fingerprint density at radius 2 is 2.00 bits per heavy atom. The van der Waals surface area contributed by atoms with E-state index in [0.29, 0.717) is 10.6 Å². The Labute approximate surface area is 126 Å². The third-order valence-electron chi connectivity index (χ3n) is 3.38. The molecule has 0 amide bonds. The van der Waals surface area contributed by atoms with Crippen molar-refractivity contribution in [2.45, 2.75) is 6.04 Å². The zero-order chi connectivity index (χ0) is 14.1. The summed E-state index contributed by atoms with van der Waals surface area (Å²) in [7, 11) is 1.84. The van der Waals surface area contributed by atoms with Gasteiger partial charge in [0.15, 0.2) is 0 Å². The van der Waals surface area contributed by atoms with Crippen LogP contribution in [0.3, 0.4) is 0 Å². The van der Waals surface area contributed by atoms with Crippen molar-refractivity contribution < 1.29 is 4.39 Å². The molecule has 1 heterocycles. The molecule has 2 aromatic carbocycles. The summed E-state index contributed by atoms with van der Waals surface area (Å²) in [6, 6.07) is 12.8. The molecule has 3 rings (SSSR count). The van der Waals surface area contributed by atoms with Crippen LogP contribution in [0.4, 0.5) is 4.39 Å². The van der Waals surface area contributed by atoms with Crippen LogP contribution in [0.15, 0.2) is 47.8 Å². The van der Waals surface area contributed by atoms with Gasteiger partial charge in [-0.25, -0.2) is 4.39 Å². The van der Waals surface area contributed by atoms with Crippen LogP contribution in [-0.2, 0) is 0 Å². The largest absolute Gasteiger partial charge is 0.309 e. The first-order valence-electron chi connectivity index (χ1n) is 6.29. The predicted octanol–water partition coefficient (Wildman–Crippen LogP) is 5.00. The first kappa shape index (κ1) is 13.6. The summed E-state index contributed by atoms with van der Waals surface area (Å²) in [6.45, 7) is 0. The van der Waals surface area contributed by atoms with Crippen molar-refractivity contribution in [3.8, 4) is 0 Å². The van der Waals surface area contributed by atoms with Crippen LogP contribution >= 0.6 is 22.9 Å². The zero-order valence-corrected chi connectivity index (χ0v) is 12.4. The van der Waals surface area contributed by atoms with Crippen LogP contribution in [0.25, 0.3) is 10.1 Å². The van der Waals surface area contributed by atoms with E-state index in [9.17, 15) is 4.39 Å². The van der Waals surface area contributed by atoms with Crippen molar-refractivity contribution in [1.82, 2.24) is 5.32 Å². The second kappa shape index (κ2) is 5.52. The normalized spacial score (nSPS) is 12.8. The van der Waals surface area contributed by atoms with E-state index in [1.807, 2.05) is 19.2 Å². The van der Waals surface area contributed by atoms with Crippen molar-refractivity contribution in [2.24, 2.45) is 0 Å². The summed E-state index contributed by atoms with van der Waals surface area (Å²) in [5.41, 5.74) is 1.69. The van der Waals surface area contributed by atoms with Gasteiger partial charge in [-0.1, -0.05) is 35.9 Å². The molecule has 1 atom stereocenters. The molecule has 0 fully saturated rings. The van der Waals surface area contributed by atoms with E-state index >= 15 is 0 Å². The molecule has 3 aromatic rings. The second-order valence-electron chi connectivity index (χ2n) is 4.57. The van der Waals surface area contributed by atoms with Crippen LogP contribution in [0, 0.1) is 5.82 Å². The molecule has 1 unspecified atom stereocenters. The minimum Gasteiger partial charge on any atom is -0.309 e. The van der Waals surface area contributed by atoms with E-state index in [1.165, 1.54) is 16.2 Å². The molecular formula is C16H13ClFNS. The maximum atomic E-state index is 14.2. The maximum absolute atomic E-state index is 14.2. The van der Waals surface area contributed by atoms with Gasteiger partial charge in [0.2, 0.25) is 0 Å². The lowest BCUT2D eigenvalue weighted by atomic mass is 9.97. The van der Waals surface area contributed by atoms with Gasteiger partial charge < -0.3 is 5.32 Å². The van der Waals surface area contributed by atoms with E-state index in [-0.39, 0.29) is 11.9 Å². The highest BCUT2D eigenvalue weighted by Gasteiger charge is 2.19. The molecule has 0 bridgehead atoms. The molecule has 0 spiro atoms. The summed E-state index contributed by atoms with van der Waals surface area (Å²) < 4.78 is 15.4. The van der Waals surface area contributed by atoms with Crippen molar-refractivity contribution in [1.29, 1.82) is 0 Å². The zero-order valence-electron chi connectivity index (χ0n) is 10.9. The molecule has 0 aliphatic heterocycles. The molecule has 20 heavy (non-hydrogen) atoms. The van der Waals surface area contributed by atoms with Crippen LogP contribution in [-0.4, -0.2) is 7.05 Å². The quantitative estimate of drug-likeness (QED) is 0.718. The van der Waals surface area contributed by atoms with Gasteiger partial charge in [0.25, 0.3) is 0 Å². The molecule has 0 radical (unpaired) electrons. The van der Waals surface area contributed by atoms with E-state index in [2.05, 4.69) is 22.8 Å². The molecule has 0 aliphatic rings. The van der Waals surface area contributed by atoms with Crippen LogP contribution < -0.4 is 5.32 Å². The van der Waals surface area contributed by atoms with Crippen molar-refractivity contribution in [2.75, 3.05) is 7.05 Å². The SMILES string of the molecule is CNC(c1ccc(Cl)cc1F)c1cccc2ccsc12. The first-order valence-corrected chi connectivity index (χ1v) is 7.55. The Hall–Kier alpha value is -1.42. The molecule has 1 nitrogen and oxygen atoms in total. The summed E-state index contributed by atoms with van der Waals surface area (Å²) in [6.07, 6.45) is 0. The Kier molecular flexibility index (Phi) is 3.74. The predicted molar refractivity (Wildman–Crippen MR) is 84.1 cm³/mol. The fraction of sp³-hybridized carbons (Fsp3) is 0.125. The first-order chi connectivity index (χ1) is 9.70. The summed E-state index contributed by atoms with van der Waals surface area (Å²) in [4.78, 5) is 0. The number of rotatable bonds is 3. The third-order valence-corrected chi connectivity index (χ3v) is 4.60. The Bertz CT molecular complexity index is 753. The van der Waals surface area contributed by atoms with Gasteiger partial charge in [-0.2, -0.15) is 0 Å². The minimum absolute atomic E-state index is 0.186. The molecule has 0 aliphatic carbocycles. The second-order valence-corrected chi connectivity index (χ2v) is 5.93. The number of hydrogen-bond acceptors (Lipinski definition) is 2. The number of fused-ring (bicyclic) bond motifs is 1. The van der Waals surface area contributed by atoms with E-state index in [4.69, 9.17) is 11.6 Å². The topological polar surface area (TPSA) is 12.0 Å². The molecule has 1 N–H and O–H groups in total. The van der Waals surface area contributed by atoms with Gasteiger partial charge in [-0.05, 0) is 41.6 Å². The average Bonchev–Trinajstić information content (AvgIpc) is 2.91. The Morgan fingerprint density at radius 1 is 1.15 bits per heavy atom. The van der Waals surface area contributed by atoms with E-state index < -0.39 is 0 Å². The standard InChI is InChI=1S/C16H13ClFNS/c1-19-15(12-6-5-11(17)9-14(12)18)13-4-2-3-10-7-8-20-16(10)13/h2-9,15,19H,1H3. The van der Waals surface area contributed by atoms with Gasteiger partial charge in [0, 0.05) is 15.3 Å². The van der Waals surface area contributed by atoms with Gasteiger partial charge in [-0.15, -0.1) is 11.3 Å². The van der Waals surface area contributed by atoms with Crippen molar-refractivity contribution in [3.63, 3.8) is 0 Å². The fourth-order valence-electron chi connectivity index (χ4n) is 2.46. The molecule has 0 saturated carbocycles. The van der Waals surface area contributed by atoms with Crippen LogP contribution in [0.2, 0.25) is 5.02 Å². The Morgan fingerprint density at radius 3 is 2.75 bits per heavy atom. The lowest BCUT2D eigenvalue weighted by Crippen LogP contribution is -2.19. The summed E-state index contributed by atoms with van der Waals surface area (Å²) in [5, 5.41) is 6.85. The van der Waals surface area contributed by atoms with Crippen molar-refractivity contribution >= 4 is 33.0 Å². The molecule has 4 heteroatoms. The smallest absolute Gasteiger partial charge is 0.129 e. The monoisotopic (exact) mass is 305 g/mol. The average molecular weight is 306 g/mol. The highest BCUT2D eigenvalue weighted by Crippen LogP contribution is 2.33. The van der Waals surface area contributed by atoms with Crippen molar-refractivity contribution in [3.05, 3.63) is 69.8 Å². The van der Waals surface area contributed by atoms with Crippen LogP contribution in [0.1, 0.15) is 17.2 Å². The number of nitrogens with one attached hydrogen (secondary N) is 1. The molecule has 102 valence electrons. The summed E-state index contributed by atoms with van der Waals surface area (Å²) >= 11 is 7.50. The van der Waals surface area contributed by atoms with Gasteiger partial charge in [-0.3, -0.25) is 0 Å². The van der Waals surface area contributed by atoms with E-state index in [0.717, 1.165) is 5.56 Å². The van der Waals surface area contributed by atoms with Gasteiger partial charge >= 0.3 is 0 Å². The number of halogens is 2. The minimum atomic E-state index is -0.287. The molecule has 1 aromatic heterocycles. The number of thiophene rings is 1. The number of benzene rings is 2. The number of hydrogen-bond donors (Lipinski definition) is 1. The molecule has 0 saturated heterocycles. The fourth-order valence-corrected chi connectivity index (χ4v) is 3.56. The van der Waals surface area contributed by atoms with Crippen LogP contribution in [0.5, 0.6) is 0 Å². The highest BCUT2D eigenvalue weighted by atomic mass is 35.5.